The molecule has 1 aromatic heterocycles. The summed E-state index contributed by atoms with van der Waals surface area (Å²) in [5, 5.41) is 1.33. The van der Waals surface area contributed by atoms with Gasteiger partial charge in [-0.2, -0.15) is 0 Å². The fourth-order valence-electron chi connectivity index (χ4n) is 3.60. The number of hydrogen-bond acceptors (Lipinski definition) is 3. The topological polar surface area (TPSA) is 37.5 Å². The summed E-state index contributed by atoms with van der Waals surface area (Å²) in [6.07, 6.45) is 4.23. The van der Waals surface area contributed by atoms with Crippen molar-refractivity contribution in [1.29, 1.82) is 0 Å². The molecule has 1 aliphatic rings. The lowest BCUT2D eigenvalue weighted by molar-refractivity contribution is 0.202. The van der Waals surface area contributed by atoms with Crippen LogP contribution in [0, 0.1) is 0 Å². The number of rotatable bonds is 4. The third-order valence-corrected chi connectivity index (χ3v) is 4.91. The average molecular weight is 336 g/mol. The first kappa shape index (κ1) is 16.0. The molecule has 4 nitrogen and oxygen atoms in total. The Hall–Kier alpha value is -2.46. The molecule has 2 aromatic carbocycles. The van der Waals surface area contributed by atoms with Crippen molar-refractivity contribution >= 4 is 10.9 Å². The van der Waals surface area contributed by atoms with Crippen molar-refractivity contribution < 1.29 is 9.47 Å². The largest absolute Gasteiger partial charge is 0.493 e. The zero-order chi connectivity index (χ0) is 17.1. The molecule has 0 amide bonds. The molecule has 2 heterocycles. The molecule has 130 valence electrons. The second-order valence-electron chi connectivity index (χ2n) is 6.54. The van der Waals surface area contributed by atoms with Crippen LogP contribution in [-0.4, -0.2) is 36.7 Å². The summed E-state index contributed by atoms with van der Waals surface area (Å²) >= 11 is 0. The number of nitrogens with zero attached hydrogens (tertiary/aromatic N) is 1. The lowest BCUT2D eigenvalue weighted by atomic mass is 10.1. The maximum Gasteiger partial charge on any atom is 0.165 e. The maximum atomic E-state index is 5.95. The zero-order valence-corrected chi connectivity index (χ0v) is 14.6. The Bertz CT molecular complexity index is 856. The van der Waals surface area contributed by atoms with Gasteiger partial charge in [0, 0.05) is 42.3 Å². The molecule has 1 aliphatic heterocycles. The smallest absolute Gasteiger partial charge is 0.165 e. The molecule has 0 fully saturated rings. The molecular formula is C21H24N2O2. The van der Waals surface area contributed by atoms with Crippen molar-refractivity contribution in [1.82, 2.24) is 9.88 Å². The van der Waals surface area contributed by atoms with Crippen molar-refractivity contribution in [2.45, 2.75) is 19.4 Å². The van der Waals surface area contributed by atoms with Crippen LogP contribution in [0.4, 0.5) is 0 Å². The highest BCUT2D eigenvalue weighted by molar-refractivity contribution is 5.83. The molecule has 0 saturated heterocycles. The van der Waals surface area contributed by atoms with Gasteiger partial charge in [0.1, 0.15) is 0 Å². The predicted molar refractivity (Wildman–Crippen MR) is 100 cm³/mol. The zero-order valence-electron chi connectivity index (χ0n) is 14.6. The quantitative estimate of drug-likeness (QED) is 0.782. The molecule has 0 aliphatic carbocycles. The fraction of sp³-hybridized carbons (Fsp3) is 0.333. The second-order valence-corrected chi connectivity index (χ2v) is 6.54. The summed E-state index contributed by atoms with van der Waals surface area (Å²) in [6.45, 7) is 3.73. The van der Waals surface area contributed by atoms with Crippen LogP contribution < -0.4 is 9.47 Å². The number of hydrogen-bond donors (Lipinski definition) is 1. The van der Waals surface area contributed by atoms with E-state index in [9.17, 15) is 0 Å². The van der Waals surface area contributed by atoms with Crippen molar-refractivity contribution in [2.75, 3.05) is 26.8 Å². The van der Waals surface area contributed by atoms with Gasteiger partial charge < -0.3 is 14.5 Å². The molecule has 0 bridgehead atoms. The molecule has 0 spiro atoms. The summed E-state index contributed by atoms with van der Waals surface area (Å²) in [5.74, 6) is 1.73. The van der Waals surface area contributed by atoms with Crippen molar-refractivity contribution in [3.05, 3.63) is 59.8 Å². The van der Waals surface area contributed by atoms with E-state index in [2.05, 4.69) is 46.4 Å². The first-order valence-corrected chi connectivity index (χ1v) is 8.91. The van der Waals surface area contributed by atoms with E-state index in [1.807, 2.05) is 12.1 Å². The first-order chi connectivity index (χ1) is 12.3. The number of benzene rings is 2. The van der Waals surface area contributed by atoms with E-state index >= 15 is 0 Å². The van der Waals surface area contributed by atoms with Gasteiger partial charge in [-0.3, -0.25) is 4.90 Å². The minimum Gasteiger partial charge on any atom is -0.493 e. The second kappa shape index (κ2) is 7.19. The Kier molecular flexibility index (Phi) is 4.61. The maximum absolute atomic E-state index is 5.95. The highest BCUT2D eigenvalue weighted by Crippen LogP contribution is 2.33. The normalized spacial score (nSPS) is 15.2. The van der Waals surface area contributed by atoms with Gasteiger partial charge in [-0.25, -0.2) is 0 Å². The van der Waals surface area contributed by atoms with E-state index in [1.54, 1.807) is 7.11 Å². The highest BCUT2D eigenvalue weighted by Gasteiger charge is 2.17. The summed E-state index contributed by atoms with van der Waals surface area (Å²) in [6, 6.07) is 14.7. The van der Waals surface area contributed by atoms with Crippen molar-refractivity contribution in [3.8, 4) is 11.5 Å². The Labute approximate surface area is 148 Å². The van der Waals surface area contributed by atoms with E-state index in [4.69, 9.17) is 9.47 Å². The van der Waals surface area contributed by atoms with Crippen molar-refractivity contribution in [3.63, 3.8) is 0 Å². The predicted octanol–water partition coefficient (Wildman–Crippen LogP) is 4.00. The molecule has 3 aromatic rings. The van der Waals surface area contributed by atoms with E-state index in [0.29, 0.717) is 0 Å². The molecule has 0 radical (unpaired) electrons. The Morgan fingerprint density at radius 2 is 2.08 bits per heavy atom. The van der Waals surface area contributed by atoms with Gasteiger partial charge in [0.15, 0.2) is 11.5 Å². The Balaban J connectivity index is 1.50. The first-order valence-electron chi connectivity index (χ1n) is 8.91. The number of H-pyrrole nitrogens is 1. The van der Waals surface area contributed by atoms with Gasteiger partial charge in [0.2, 0.25) is 0 Å². The van der Waals surface area contributed by atoms with Crippen LogP contribution >= 0.6 is 0 Å². The standard InChI is InChI=1S/C21H24N2O2/c1-24-20-9-4-6-17-15-23(11-5-13-25-21(17)20)12-10-16-14-22-19-8-3-2-7-18(16)19/h2-4,6-9,14,22H,5,10-13,15H2,1H3. The van der Waals surface area contributed by atoms with Gasteiger partial charge in [0.25, 0.3) is 0 Å². The van der Waals surface area contributed by atoms with Crippen LogP contribution in [0.3, 0.4) is 0 Å². The summed E-state index contributed by atoms with van der Waals surface area (Å²) < 4.78 is 11.4. The van der Waals surface area contributed by atoms with E-state index in [1.165, 1.54) is 22.0 Å². The number of para-hydroxylation sites is 2. The van der Waals surface area contributed by atoms with Crippen LogP contribution in [0.5, 0.6) is 11.5 Å². The molecule has 4 heteroatoms. The number of ether oxygens (including phenoxy) is 2. The van der Waals surface area contributed by atoms with Crippen LogP contribution in [-0.2, 0) is 13.0 Å². The minimum absolute atomic E-state index is 0.733. The number of methoxy groups -OCH3 is 1. The van der Waals surface area contributed by atoms with Gasteiger partial charge in [-0.15, -0.1) is 0 Å². The van der Waals surface area contributed by atoms with E-state index in [0.717, 1.165) is 50.6 Å². The van der Waals surface area contributed by atoms with E-state index in [-0.39, 0.29) is 0 Å². The molecule has 0 unspecified atom stereocenters. The Morgan fingerprint density at radius 1 is 1.16 bits per heavy atom. The van der Waals surface area contributed by atoms with Gasteiger partial charge in [-0.05, 0) is 30.5 Å². The third kappa shape index (κ3) is 3.35. The number of aromatic nitrogens is 1. The lowest BCUT2D eigenvalue weighted by Crippen LogP contribution is -2.29. The van der Waals surface area contributed by atoms with Crippen molar-refractivity contribution in [2.24, 2.45) is 0 Å². The molecule has 25 heavy (non-hydrogen) atoms. The Morgan fingerprint density at radius 3 is 3.00 bits per heavy atom. The van der Waals surface area contributed by atoms with Gasteiger partial charge >= 0.3 is 0 Å². The third-order valence-electron chi connectivity index (χ3n) is 4.91. The molecule has 4 rings (SSSR count). The molecule has 0 atom stereocenters. The molecule has 0 saturated carbocycles. The van der Waals surface area contributed by atoms with Gasteiger partial charge in [0.05, 0.1) is 13.7 Å². The van der Waals surface area contributed by atoms with Crippen LogP contribution in [0.2, 0.25) is 0 Å². The minimum atomic E-state index is 0.733. The van der Waals surface area contributed by atoms with Gasteiger partial charge in [-0.1, -0.05) is 30.3 Å². The van der Waals surface area contributed by atoms with Crippen LogP contribution in [0.25, 0.3) is 10.9 Å². The number of aromatic amines is 1. The summed E-state index contributed by atoms with van der Waals surface area (Å²) in [5.41, 5.74) is 3.81. The summed E-state index contributed by atoms with van der Waals surface area (Å²) in [4.78, 5) is 5.89. The SMILES string of the molecule is COc1cccc2c1OCCCN(CCc1c[nH]c3ccccc13)C2. The van der Waals surface area contributed by atoms with Crippen LogP contribution in [0.1, 0.15) is 17.5 Å². The number of fused-ring (bicyclic) bond motifs is 2. The average Bonchev–Trinajstić information content (AvgIpc) is 3.04. The van der Waals surface area contributed by atoms with E-state index < -0.39 is 0 Å². The molecule has 1 N–H and O–H groups in total. The fourth-order valence-corrected chi connectivity index (χ4v) is 3.60. The molecular weight excluding hydrogens is 312 g/mol. The number of nitrogens with one attached hydrogen (secondary N) is 1. The lowest BCUT2D eigenvalue weighted by Gasteiger charge is -2.27. The highest BCUT2D eigenvalue weighted by atomic mass is 16.5. The van der Waals surface area contributed by atoms with Crippen LogP contribution in [0.15, 0.2) is 48.7 Å². The monoisotopic (exact) mass is 336 g/mol. The summed E-state index contributed by atoms with van der Waals surface area (Å²) in [7, 11) is 1.70.